The van der Waals surface area contributed by atoms with E-state index in [0.717, 1.165) is 29.4 Å². The SMILES string of the molecule is CC(C)c1cccc(C(C)C)c1N1C=CN(c2c(C(C)C)cccc2C(C)C)C1=C1CC=CC(CN(C)C)=C1Cl. The van der Waals surface area contributed by atoms with Gasteiger partial charge in [-0.2, -0.15) is 0 Å². The Morgan fingerprint density at radius 1 is 0.700 bits per heavy atom. The lowest BCUT2D eigenvalue weighted by molar-refractivity contribution is 0.448. The zero-order chi connectivity index (χ0) is 29.3. The number of benzene rings is 2. The summed E-state index contributed by atoms with van der Waals surface area (Å²) in [7, 11) is 4.20. The van der Waals surface area contributed by atoms with Crippen molar-refractivity contribution in [1.82, 2.24) is 4.90 Å². The van der Waals surface area contributed by atoms with E-state index in [9.17, 15) is 0 Å². The van der Waals surface area contributed by atoms with Gasteiger partial charge in [0.2, 0.25) is 0 Å². The van der Waals surface area contributed by atoms with E-state index in [-0.39, 0.29) is 0 Å². The smallest absolute Gasteiger partial charge is 0.127 e. The number of hydrogen-bond donors (Lipinski definition) is 0. The quantitative estimate of drug-likeness (QED) is 0.319. The Kier molecular flexibility index (Phi) is 9.37. The number of anilines is 2. The molecule has 0 saturated heterocycles. The van der Waals surface area contributed by atoms with Crippen LogP contribution in [0.15, 0.2) is 82.9 Å². The minimum atomic E-state index is 0.387. The number of likely N-dealkylation sites (N-methyl/N-ethyl adjacent to an activating group) is 1. The third-order valence-electron chi connectivity index (χ3n) is 7.93. The van der Waals surface area contributed by atoms with Gasteiger partial charge in [-0.15, -0.1) is 0 Å². The summed E-state index contributed by atoms with van der Waals surface area (Å²) in [6, 6.07) is 13.6. The Hall–Kier alpha value is -2.75. The summed E-state index contributed by atoms with van der Waals surface area (Å²) >= 11 is 7.35. The molecule has 0 atom stereocenters. The molecule has 0 spiro atoms. The van der Waals surface area contributed by atoms with Gasteiger partial charge >= 0.3 is 0 Å². The molecule has 0 unspecified atom stereocenters. The molecule has 1 aliphatic heterocycles. The topological polar surface area (TPSA) is 9.72 Å². The van der Waals surface area contributed by atoms with Crippen LogP contribution in [0, 0.1) is 0 Å². The number of rotatable bonds is 8. The summed E-state index contributed by atoms with van der Waals surface area (Å²) in [6.45, 7) is 19.2. The minimum Gasteiger partial charge on any atom is -0.305 e. The van der Waals surface area contributed by atoms with Gasteiger partial charge in [-0.05, 0) is 72.0 Å². The van der Waals surface area contributed by atoms with Crippen LogP contribution in [0.4, 0.5) is 11.4 Å². The van der Waals surface area contributed by atoms with Crippen molar-refractivity contribution in [3.63, 3.8) is 0 Å². The first-order chi connectivity index (χ1) is 18.9. The van der Waals surface area contributed by atoms with E-state index in [1.807, 2.05) is 0 Å². The lowest BCUT2D eigenvalue weighted by atomic mass is 9.90. The maximum atomic E-state index is 7.35. The second-order valence-electron chi connectivity index (χ2n) is 12.7. The summed E-state index contributed by atoms with van der Waals surface area (Å²) < 4.78 is 0. The highest BCUT2D eigenvalue weighted by Crippen LogP contribution is 2.47. The number of allylic oxidation sites excluding steroid dienone is 3. The molecule has 0 aromatic heterocycles. The molecule has 0 saturated carbocycles. The Balaban J connectivity index is 2.08. The number of hydrogen-bond acceptors (Lipinski definition) is 3. The molecule has 3 nitrogen and oxygen atoms in total. The maximum absolute atomic E-state index is 7.35. The number of nitrogens with zero attached hydrogens (tertiary/aromatic N) is 3. The van der Waals surface area contributed by atoms with Gasteiger partial charge in [0, 0.05) is 24.5 Å². The molecule has 40 heavy (non-hydrogen) atoms. The van der Waals surface area contributed by atoms with E-state index in [1.54, 1.807) is 0 Å². The zero-order valence-corrected chi connectivity index (χ0v) is 27.0. The molecule has 0 radical (unpaired) electrons. The molecule has 4 rings (SSSR count). The monoisotopic (exact) mass is 557 g/mol. The fourth-order valence-electron chi connectivity index (χ4n) is 5.95. The first-order valence-corrected chi connectivity index (χ1v) is 15.3. The van der Waals surface area contributed by atoms with Gasteiger partial charge in [0.15, 0.2) is 0 Å². The predicted molar refractivity (Wildman–Crippen MR) is 176 cm³/mol. The Morgan fingerprint density at radius 2 is 1.10 bits per heavy atom. The molecule has 2 aromatic rings. The summed E-state index contributed by atoms with van der Waals surface area (Å²) in [5, 5.41) is 0.867. The van der Waals surface area contributed by atoms with Crippen LogP contribution < -0.4 is 9.80 Å². The molecule has 2 aliphatic rings. The average Bonchev–Trinajstić information content (AvgIpc) is 3.32. The van der Waals surface area contributed by atoms with Crippen molar-refractivity contribution in [1.29, 1.82) is 0 Å². The molecule has 0 N–H and O–H groups in total. The largest absolute Gasteiger partial charge is 0.305 e. The lowest BCUT2D eigenvalue weighted by Crippen LogP contribution is -2.29. The van der Waals surface area contributed by atoms with Crippen molar-refractivity contribution in [2.75, 3.05) is 30.4 Å². The normalized spacial score (nSPS) is 16.0. The Labute approximate surface area is 248 Å². The summed E-state index contributed by atoms with van der Waals surface area (Å²) in [6.07, 6.45) is 9.81. The van der Waals surface area contributed by atoms with Gasteiger partial charge in [0.1, 0.15) is 5.82 Å². The van der Waals surface area contributed by atoms with E-state index < -0.39 is 0 Å². The van der Waals surface area contributed by atoms with Gasteiger partial charge in [0.25, 0.3) is 0 Å². The fourth-order valence-corrected chi connectivity index (χ4v) is 6.23. The van der Waals surface area contributed by atoms with Crippen LogP contribution >= 0.6 is 11.6 Å². The van der Waals surface area contributed by atoms with Gasteiger partial charge in [-0.3, -0.25) is 0 Å². The van der Waals surface area contributed by atoms with Gasteiger partial charge in [-0.1, -0.05) is 116 Å². The molecule has 1 heterocycles. The van der Waals surface area contributed by atoms with Crippen molar-refractivity contribution < 1.29 is 0 Å². The van der Waals surface area contributed by atoms with Crippen LogP contribution in [0.5, 0.6) is 0 Å². The molecular formula is C36H48ClN3. The van der Waals surface area contributed by atoms with E-state index >= 15 is 0 Å². The summed E-state index contributed by atoms with van der Waals surface area (Å²) in [5.41, 5.74) is 10.3. The third kappa shape index (κ3) is 5.83. The third-order valence-corrected chi connectivity index (χ3v) is 8.40. The van der Waals surface area contributed by atoms with E-state index in [1.165, 1.54) is 39.2 Å². The van der Waals surface area contributed by atoms with Crippen LogP contribution in [0.1, 0.15) is 108 Å². The molecule has 0 fully saturated rings. The van der Waals surface area contributed by atoms with Crippen LogP contribution in [0.2, 0.25) is 0 Å². The van der Waals surface area contributed by atoms with Gasteiger partial charge in [0.05, 0.1) is 16.4 Å². The molecule has 0 bridgehead atoms. The Morgan fingerprint density at radius 3 is 1.45 bits per heavy atom. The van der Waals surface area contributed by atoms with Gasteiger partial charge < -0.3 is 14.7 Å². The van der Waals surface area contributed by atoms with Crippen molar-refractivity contribution in [2.45, 2.75) is 85.5 Å². The lowest BCUT2D eigenvalue weighted by Gasteiger charge is -2.35. The van der Waals surface area contributed by atoms with E-state index in [0.29, 0.717) is 23.7 Å². The van der Waals surface area contributed by atoms with Crippen LogP contribution in [0.3, 0.4) is 0 Å². The second kappa shape index (κ2) is 12.4. The highest BCUT2D eigenvalue weighted by Gasteiger charge is 2.34. The van der Waals surface area contributed by atoms with Crippen molar-refractivity contribution in [3.8, 4) is 0 Å². The first-order valence-electron chi connectivity index (χ1n) is 14.9. The molecule has 1 aliphatic carbocycles. The molecule has 4 heteroatoms. The predicted octanol–water partition coefficient (Wildman–Crippen LogP) is 10.2. The molecule has 2 aromatic carbocycles. The number of halogens is 1. The highest BCUT2D eigenvalue weighted by atomic mass is 35.5. The van der Waals surface area contributed by atoms with E-state index in [4.69, 9.17) is 11.6 Å². The minimum absolute atomic E-state index is 0.387. The second-order valence-corrected chi connectivity index (χ2v) is 13.1. The van der Waals surface area contributed by atoms with E-state index in [2.05, 4.69) is 145 Å². The van der Waals surface area contributed by atoms with Crippen molar-refractivity contribution in [3.05, 3.63) is 105 Å². The van der Waals surface area contributed by atoms with Crippen LogP contribution in [-0.2, 0) is 0 Å². The summed E-state index contributed by atoms with van der Waals surface area (Å²) in [5.74, 6) is 2.70. The highest BCUT2D eigenvalue weighted by molar-refractivity contribution is 6.33. The van der Waals surface area contributed by atoms with Gasteiger partial charge in [-0.25, -0.2) is 0 Å². The van der Waals surface area contributed by atoms with Crippen molar-refractivity contribution in [2.24, 2.45) is 0 Å². The number of para-hydroxylation sites is 2. The summed E-state index contributed by atoms with van der Waals surface area (Å²) in [4.78, 5) is 7.07. The standard InChI is InChI=1S/C36H48ClN3/c1-23(2)28-15-12-16-29(24(3)4)34(28)39-20-21-40(35-30(25(5)6)17-13-18-31(35)26(7)8)36(39)32-19-11-14-27(33(32)37)22-38(9)10/h11-18,20-21,23-26H,19,22H2,1-10H3. The first kappa shape index (κ1) is 30.2. The molecule has 214 valence electrons. The maximum Gasteiger partial charge on any atom is 0.127 e. The molecular weight excluding hydrogens is 510 g/mol. The van der Waals surface area contributed by atoms with Crippen LogP contribution in [0.25, 0.3) is 0 Å². The molecule has 0 amide bonds. The average molecular weight is 558 g/mol. The Bertz CT molecular complexity index is 1230. The fraction of sp³-hybridized carbons (Fsp3) is 0.444. The zero-order valence-electron chi connectivity index (χ0n) is 26.2. The van der Waals surface area contributed by atoms with Crippen LogP contribution in [-0.4, -0.2) is 25.5 Å². The van der Waals surface area contributed by atoms with Crippen molar-refractivity contribution >= 4 is 23.0 Å².